The van der Waals surface area contributed by atoms with Gasteiger partial charge in [0.1, 0.15) is 0 Å². The van der Waals surface area contributed by atoms with Crippen LogP contribution in [0.4, 0.5) is 5.95 Å². The number of aromatic nitrogens is 2. The minimum atomic E-state index is -0.0124. The number of hydrogen-bond donors (Lipinski definition) is 1. The lowest BCUT2D eigenvalue weighted by atomic mass is 10.1. The van der Waals surface area contributed by atoms with E-state index in [4.69, 9.17) is 5.73 Å². The number of nitrogens with zero attached hydrogens (tertiary/aromatic N) is 3. The van der Waals surface area contributed by atoms with Crippen LogP contribution in [0.1, 0.15) is 18.5 Å². The van der Waals surface area contributed by atoms with Gasteiger partial charge >= 0.3 is 0 Å². The van der Waals surface area contributed by atoms with Crippen LogP contribution in [0.15, 0.2) is 10.9 Å². The van der Waals surface area contributed by atoms with E-state index in [1.807, 2.05) is 6.92 Å². The van der Waals surface area contributed by atoms with Crippen LogP contribution < -0.4 is 16.2 Å². The molecule has 1 aliphatic rings. The van der Waals surface area contributed by atoms with Crippen LogP contribution in [0.5, 0.6) is 0 Å². The summed E-state index contributed by atoms with van der Waals surface area (Å²) in [6, 6.07) is 1.74. The molecule has 5 heteroatoms. The van der Waals surface area contributed by atoms with Gasteiger partial charge in [-0.25, -0.2) is 4.98 Å². The van der Waals surface area contributed by atoms with Crippen LogP contribution >= 0.6 is 0 Å². The standard InChI is InChI=1S/C11H18N4O/c1-8-6-10(16)14(2)11(13-8)15-5-3-4-9(12)7-15/h6,9H,3-5,7,12H2,1-2H3/t9-/m0/s1. The van der Waals surface area contributed by atoms with E-state index in [-0.39, 0.29) is 11.6 Å². The average molecular weight is 222 g/mol. The van der Waals surface area contributed by atoms with Gasteiger partial charge in [-0.05, 0) is 19.8 Å². The van der Waals surface area contributed by atoms with Gasteiger partial charge in [-0.1, -0.05) is 0 Å². The van der Waals surface area contributed by atoms with E-state index in [9.17, 15) is 4.79 Å². The molecule has 5 nitrogen and oxygen atoms in total. The molecule has 0 unspecified atom stereocenters. The van der Waals surface area contributed by atoms with Crippen LogP contribution in [0.2, 0.25) is 0 Å². The molecule has 0 spiro atoms. The number of hydrogen-bond acceptors (Lipinski definition) is 4. The molecule has 88 valence electrons. The highest BCUT2D eigenvalue weighted by Crippen LogP contribution is 2.15. The van der Waals surface area contributed by atoms with Crippen LogP contribution in [0.3, 0.4) is 0 Å². The summed E-state index contributed by atoms with van der Waals surface area (Å²) in [5.41, 5.74) is 6.68. The predicted molar refractivity (Wildman–Crippen MR) is 63.6 cm³/mol. The zero-order valence-electron chi connectivity index (χ0n) is 9.81. The maximum atomic E-state index is 11.6. The molecular weight excluding hydrogens is 204 g/mol. The molecule has 2 N–H and O–H groups in total. The van der Waals surface area contributed by atoms with Crippen molar-refractivity contribution in [2.24, 2.45) is 12.8 Å². The summed E-state index contributed by atoms with van der Waals surface area (Å²) >= 11 is 0. The van der Waals surface area contributed by atoms with Crippen molar-refractivity contribution in [3.8, 4) is 0 Å². The fourth-order valence-corrected chi connectivity index (χ4v) is 2.11. The highest BCUT2D eigenvalue weighted by Gasteiger charge is 2.20. The SMILES string of the molecule is Cc1cc(=O)n(C)c(N2CCC[C@H](N)C2)n1. The quantitative estimate of drug-likeness (QED) is 0.727. The van der Waals surface area contributed by atoms with Crippen molar-refractivity contribution >= 4 is 5.95 Å². The van der Waals surface area contributed by atoms with Crippen LogP contribution in [-0.2, 0) is 7.05 Å². The Balaban J connectivity index is 2.35. The lowest BCUT2D eigenvalue weighted by molar-refractivity contribution is 0.493. The molecule has 0 saturated carbocycles. The van der Waals surface area contributed by atoms with Gasteiger partial charge in [0, 0.05) is 37.9 Å². The van der Waals surface area contributed by atoms with Gasteiger partial charge in [0.25, 0.3) is 5.56 Å². The first-order valence-electron chi connectivity index (χ1n) is 5.63. The van der Waals surface area contributed by atoms with Gasteiger partial charge in [0.15, 0.2) is 0 Å². The summed E-state index contributed by atoms with van der Waals surface area (Å²) < 4.78 is 1.59. The second-order valence-electron chi connectivity index (χ2n) is 4.44. The molecule has 0 aliphatic carbocycles. The lowest BCUT2D eigenvalue weighted by Gasteiger charge is -2.32. The molecule has 2 heterocycles. The number of aryl methyl sites for hydroxylation is 1. The van der Waals surface area contributed by atoms with E-state index >= 15 is 0 Å². The van der Waals surface area contributed by atoms with Gasteiger partial charge in [-0.3, -0.25) is 9.36 Å². The van der Waals surface area contributed by atoms with Crippen molar-refractivity contribution in [1.82, 2.24) is 9.55 Å². The van der Waals surface area contributed by atoms with Gasteiger partial charge in [0.05, 0.1) is 0 Å². The van der Waals surface area contributed by atoms with Crippen molar-refractivity contribution in [1.29, 1.82) is 0 Å². The third-order valence-corrected chi connectivity index (χ3v) is 2.98. The normalized spacial score (nSPS) is 21.2. The maximum absolute atomic E-state index is 11.6. The Labute approximate surface area is 94.9 Å². The molecule has 0 radical (unpaired) electrons. The molecular formula is C11H18N4O. The summed E-state index contributed by atoms with van der Waals surface area (Å²) in [4.78, 5) is 18.2. The second kappa shape index (κ2) is 4.25. The van der Waals surface area contributed by atoms with Crippen molar-refractivity contribution in [3.05, 3.63) is 22.1 Å². The number of anilines is 1. The summed E-state index contributed by atoms with van der Waals surface area (Å²) in [6.07, 6.45) is 2.11. The Morgan fingerprint density at radius 2 is 2.31 bits per heavy atom. The van der Waals surface area contributed by atoms with E-state index in [0.29, 0.717) is 0 Å². The molecule has 1 atom stereocenters. The molecule has 0 bridgehead atoms. The van der Waals surface area contributed by atoms with E-state index in [2.05, 4.69) is 9.88 Å². The average Bonchev–Trinajstić information content (AvgIpc) is 2.23. The molecule has 16 heavy (non-hydrogen) atoms. The topological polar surface area (TPSA) is 64.2 Å². The highest BCUT2D eigenvalue weighted by atomic mass is 16.1. The largest absolute Gasteiger partial charge is 0.341 e. The van der Waals surface area contributed by atoms with Gasteiger partial charge < -0.3 is 10.6 Å². The molecule has 0 amide bonds. The van der Waals surface area contributed by atoms with Gasteiger partial charge in [-0.2, -0.15) is 0 Å². The Morgan fingerprint density at radius 1 is 1.56 bits per heavy atom. The minimum Gasteiger partial charge on any atom is -0.341 e. The molecule has 1 aromatic rings. The number of nitrogens with two attached hydrogens (primary N) is 1. The van der Waals surface area contributed by atoms with Crippen molar-refractivity contribution < 1.29 is 0 Å². The first-order valence-corrected chi connectivity index (χ1v) is 5.63. The smallest absolute Gasteiger partial charge is 0.254 e. The fraction of sp³-hybridized carbons (Fsp3) is 0.636. The Morgan fingerprint density at radius 3 is 3.00 bits per heavy atom. The molecule has 2 rings (SSSR count). The van der Waals surface area contributed by atoms with Crippen molar-refractivity contribution in [2.75, 3.05) is 18.0 Å². The zero-order valence-corrected chi connectivity index (χ0v) is 9.81. The Kier molecular flexibility index (Phi) is 2.96. The molecule has 0 aromatic carbocycles. The van der Waals surface area contributed by atoms with E-state index in [1.165, 1.54) is 0 Å². The third kappa shape index (κ3) is 2.09. The second-order valence-corrected chi connectivity index (χ2v) is 4.44. The van der Waals surface area contributed by atoms with Crippen LogP contribution in [-0.4, -0.2) is 28.7 Å². The number of rotatable bonds is 1. The maximum Gasteiger partial charge on any atom is 0.254 e. The van der Waals surface area contributed by atoms with Crippen molar-refractivity contribution in [2.45, 2.75) is 25.8 Å². The monoisotopic (exact) mass is 222 g/mol. The summed E-state index contributed by atoms with van der Waals surface area (Å²) in [5.74, 6) is 0.736. The molecule has 1 saturated heterocycles. The summed E-state index contributed by atoms with van der Waals surface area (Å²) in [7, 11) is 1.75. The molecule has 1 aliphatic heterocycles. The fourth-order valence-electron chi connectivity index (χ4n) is 2.11. The zero-order chi connectivity index (χ0) is 11.7. The third-order valence-electron chi connectivity index (χ3n) is 2.98. The summed E-state index contributed by atoms with van der Waals surface area (Å²) in [6.45, 7) is 3.55. The lowest BCUT2D eigenvalue weighted by Crippen LogP contribution is -2.45. The first kappa shape index (κ1) is 11.1. The van der Waals surface area contributed by atoms with E-state index < -0.39 is 0 Å². The minimum absolute atomic E-state index is 0.0124. The van der Waals surface area contributed by atoms with Crippen LogP contribution in [0.25, 0.3) is 0 Å². The molecule has 1 fully saturated rings. The summed E-state index contributed by atoms with van der Waals surface area (Å²) in [5, 5.41) is 0. The Hall–Kier alpha value is -1.36. The van der Waals surface area contributed by atoms with Gasteiger partial charge in [0.2, 0.25) is 5.95 Å². The first-order chi connectivity index (χ1) is 7.58. The van der Waals surface area contributed by atoms with E-state index in [1.54, 1.807) is 17.7 Å². The van der Waals surface area contributed by atoms with Crippen molar-refractivity contribution in [3.63, 3.8) is 0 Å². The number of piperidine rings is 1. The van der Waals surface area contributed by atoms with E-state index in [0.717, 1.165) is 37.6 Å². The van der Waals surface area contributed by atoms with Gasteiger partial charge in [-0.15, -0.1) is 0 Å². The van der Waals surface area contributed by atoms with Crippen LogP contribution in [0, 0.1) is 6.92 Å². The highest BCUT2D eigenvalue weighted by molar-refractivity contribution is 5.33. The predicted octanol–water partition coefficient (Wildman–Crippen LogP) is 0.0162. The Bertz CT molecular complexity index is 440. The molecule has 1 aromatic heterocycles.